The average Bonchev–Trinajstić information content (AvgIpc) is 2.75. The molecule has 4 nitrogen and oxygen atoms in total. The van der Waals surface area contributed by atoms with Crippen molar-refractivity contribution in [3.05, 3.63) is 49.1 Å². The molecular formula is C24H40N4+2. The van der Waals surface area contributed by atoms with Crippen molar-refractivity contribution in [1.29, 1.82) is 0 Å². The van der Waals surface area contributed by atoms with Crippen molar-refractivity contribution in [2.24, 2.45) is 0 Å². The molecule has 2 heterocycles. The van der Waals surface area contributed by atoms with Crippen LogP contribution in [0.2, 0.25) is 0 Å². The minimum absolute atomic E-state index is 1.14. The number of hydrogen-bond acceptors (Lipinski definition) is 2. The molecule has 0 aliphatic carbocycles. The molecule has 154 valence electrons. The fourth-order valence-electron chi connectivity index (χ4n) is 3.55. The second-order valence-electron chi connectivity index (χ2n) is 7.68. The Hall–Kier alpha value is -2.10. The van der Waals surface area contributed by atoms with Crippen LogP contribution in [0.15, 0.2) is 49.1 Å². The van der Waals surface area contributed by atoms with Crippen LogP contribution in [0.4, 0.5) is 11.4 Å². The third-order valence-electron chi connectivity index (χ3n) is 5.44. The summed E-state index contributed by atoms with van der Waals surface area (Å²) in [6.45, 7) is 2.28. The smallest absolute Gasteiger partial charge is 0.170 e. The van der Waals surface area contributed by atoms with Gasteiger partial charge in [0.2, 0.25) is 0 Å². The lowest BCUT2D eigenvalue weighted by molar-refractivity contribution is -0.697. The van der Waals surface area contributed by atoms with Crippen molar-refractivity contribution in [3.8, 4) is 0 Å². The van der Waals surface area contributed by atoms with E-state index >= 15 is 0 Å². The lowest BCUT2D eigenvalue weighted by Gasteiger charge is -2.03. The molecule has 0 aliphatic rings. The summed E-state index contributed by atoms with van der Waals surface area (Å²) < 4.78 is 4.57. The molecule has 0 saturated heterocycles. The largest absolute Gasteiger partial charge is 0.388 e. The third kappa shape index (κ3) is 9.20. The van der Waals surface area contributed by atoms with Crippen LogP contribution in [0.25, 0.3) is 0 Å². The molecule has 0 saturated carbocycles. The molecule has 2 N–H and O–H groups in total. The second kappa shape index (κ2) is 14.0. The second-order valence-corrected chi connectivity index (χ2v) is 7.68. The van der Waals surface area contributed by atoms with Gasteiger partial charge in [-0.15, -0.1) is 0 Å². The van der Waals surface area contributed by atoms with E-state index in [1.165, 1.54) is 75.6 Å². The highest BCUT2D eigenvalue weighted by molar-refractivity contribution is 5.39. The molecular weight excluding hydrogens is 344 g/mol. The molecule has 0 unspecified atom stereocenters. The monoisotopic (exact) mass is 384 g/mol. The SMILES string of the molecule is CNc1cc[n+](CCCCCCCCCCCC[n+]2ccc(NC)cc2)cc1. The molecule has 0 aliphatic heterocycles. The van der Waals surface area contributed by atoms with Crippen molar-refractivity contribution in [2.45, 2.75) is 77.3 Å². The van der Waals surface area contributed by atoms with Gasteiger partial charge < -0.3 is 10.6 Å². The average molecular weight is 385 g/mol. The number of hydrogen-bond donors (Lipinski definition) is 2. The Labute approximate surface area is 172 Å². The first kappa shape index (κ1) is 22.2. The molecule has 0 aromatic carbocycles. The minimum Gasteiger partial charge on any atom is -0.388 e. The van der Waals surface area contributed by atoms with Gasteiger partial charge in [0.25, 0.3) is 0 Å². The van der Waals surface area contributed by atoms with Gasteiger partial charge in [0.1, 0.15) is 13.1 Å². The van der Waals surface area contributed by atoms with Crippen molar-refractivity contribution >= 4 is 11.4 Å². The van der Waals surface area contributed by atoms with E-state index in [9.17, 15) is 0 Å². The van der Waals surface area contributed by atoms with Crippen LogP contribution in [0, 0.1) is 0 Å². The fourth-order valence-corrected chi connectivity index (χ4v) is 3.55. The first-order valence-corrected chi connectivity index (χ1v) is 11.2. The number of rotatable bonds is 15. The van der Waals surface area contributed by atoms with Gasteiger partial charge in [-0.25, -0.2) is 9.13 Å². The molecule has 4 heteroatoms. The summed E-state index contributed by atoms with van der Waals surface area (Å²) in [5.41, 5.74) is 2.36. The zero-order chi connectivity index (χ0) is 19.9. The van der Waals surface area contributed by atoms with Crippen molar-refractivity contribution in [3.63, 3.8) is 0 Å². The maximum absolute atomic E-state index is 3.16. The molecule has 0 radical (unpaired) electrons. The summed E-state index contributed by atoms with van der Waals surface area (Å²) in [6.07, 6.45) is 22.3. The van der Waals surface area contributed by atoms with E-state index in [0.717, 1.165) is 13.1 Å². The minimum atomic E-state index is 1.14. The summed E-state index contributed by atoms with van der Waals surface area (Å²) >= 11 is 0. The molecule has 0 atom stereocenters. The lowest BCUT2D eigenvalue weighted by atomic mass is 10.1. The quantitative estimate of drug-likeness (QED) is 0.336. The first-order chi connectivity index (χ1) is 13.8. The Morgan fingerprint density at radius 2 is 0.786 bits per heavy atom. The van der Waals surface area contributed by atoms with Gasteiger partial charge >= 0.3 is 0 Å². The summed E-state index contributed by atoms with van der Waals surface area (Å²) in [4.78, 5) is 0. The summed E-state index contributed by atoms with van der Waals surface area (Å²) in [7, 11) is 3.92. The van der Waals surface area contributed by atoms with Gasteiger partial charge in [-0.05, 0) is 12.8 Å². The molecule has 2 aromatic heterocycles. The highest BCUT2D eigenvalue weighted by Gasteiger charge is 2.01. The van der Waals surface area contributed by atoms with Gasteiger partial charge in [-0.1, -0.05) is 38.5 Å². The Balaban J connectivity index is 1.36. The standard InChI is InChI=1S/C24H38N4/c1-25-23-13-19-27(20-14-23)17-11-9-7-5-3-4-6-8-10-12-18-28-21-15-24(26-2)16-22-28/h13-16,19-22H,3-12,17-18H2,1-2H3/p+2. The molecule has 28 heavy (non-hydrogen) atoms. The van der Waals surface area contributed by atoms with Crippen molar-refractivity contribution in [1.82, 2.24) is 0 Å². The van der Waals surface area contributed by atoms with Crippen LogP contribution in [0.3, 0.4) is 0 Å². The lowest BCUT2D eigenvalue weighted by Crippen LogP contribution is -2.32. The summed E-state index contributed by atoms with van der Waals surface area (Å²) in [5, 5.41) is 6.32. The zero-order valence-electron chi connectivity index (χ0n) is 18.0. The van der Waals surface area contributed by atoms with Crippen LogP contribution < -0.4 is 19.8 Å². The molecule has 0 amide bonds. The first-order valence-electron chi connectivity index (χ1n) is 11.2. The van der Waals surface area contributed by atoms with Crippen molar-refractivity contribution < 1.29 is 9.13 Å². The van der Waals surface area contributed by atoms with Gasteiger partial charge in [0, 0.05) is 62.6 Å². The maximum atomic E-state index is 3.16. The van der Waals surface area contributed by atoms with E-state index < -0.39 is 0 Å². The van der Waals surface area contributed by atoms with Gasteiger partial charge in [-0.3, -0.25) is 0 Å². The van der Waals surface area contributed by atoms with Gasteiger partial charge in [-0.2, -0.15) is 0 Å². The van der Waals surface area contributed by atoms with Crippen LogP contribution in [-0.4, -0.2) is 14.1 Å². The number of aromatic nitrogens is 2. The van der Waals surface area contributed by atoms with E-state index in [1.807, 2.05) is 14.1 Å². The maximum Gasteiger partial charge on any atom is 0.170 e. The van der Waals surface area contributed by atoms with E-state index in [1.54, 1.807) is 0 Å². The molecule has 2 aromatic rings. The van der Waals surface area contributed by atoms with E-state index in [0.29, 0.717) is 0 Å². The van der Waals surface area contributed by atoms with Gasteiger partial charge in [0.05, 0.1) is 0 Å². The van der Waals surface area contributed by atoms with Crippen molar-refractivity contribution in [2.75, 3.05) is 24.7 Å². The van der Waals surface area contributed by atoms with E-state index in [4.69, 9.17) is 0 Å². The Morgan fingerprint density at radius 1 is 0.500 bits per heavy atom. The predicted octanol–water partition coefficient (Wildman–Crippen LogP) is 4.95. The zero-order valence-corrected chi connectivity index (χ0v) is 18.0. The topological polar surface area (TPSA) is 31.8 Å². The molecule has 2 rings (SSSR count). The summed E-state index contributed by atoms with van der Waals surface area (Å²) in [5.74, 6) is 0. The molecule has 0 bridgehead atoms. The van der Waals surface area contributed by atoms with Crippen LogP contribution in [0.5, 0.6) is 0 Å². The fraction of sp³-hybridized carbons (Fsp3) is 0.583. The molecule has 0 spiro atoms. The number of aryl methyl sites for hydroxylation is 2. The van der Waals surface area contributed by atoms with Crippen LogP contribution >= 0.6 is 0 Å². The normalized spacial score (nSPS) is 10.8. The molecule has 0 fully saturated rings. The van der Waals surface area contributed by atoms with Crippen LogP contribution in [0.1, 0.15) is 64.2 Å². The number of pyridine rings is 2. The Bertz CT molecular complexity index is 565. The third-order valence-corrected chi connectivity index (χ3v) is 5.44. The number of nitrogens with one attached hydrogen (secondary N) is 2. The van der Waals surface area contributed by atoms with Gasteiger partial charge in [0.15, 0.2) is 24.8 Å². The Morgan fingerprint density at radius 3 is 1.07 bits per heavy atom. The van der Waals surface area contributed by atoms with Crippen LogP contribution in [-0.2, 0) is 13.1 Å². The highest BCUT2D eigenvalue weighted by atomic mass is 14.9. The summed E-state index contributed by atoms with van der Waals surface area (Å²) in [6, 6.07) is 8.55. The number of anilines is 2. The number of unbranched alkanes of at least 4 members (excludes halogenated alkanes) is 9. The van der Waals surface area contributed by atoms with E-state index in [-0.39, 0.29) is 0 Å². The number of nitrogens with zero attached hydrogens (tertiary/aromatic N) is 2. The predicted molar refractivity (Wildman–Crippen MR) is 119 cm³/mol. The van der Waals surface area contributed by atoms with E-state index in [2.05, 4.69) is 68.8 Å². The Kier molecular flexibility index (Phi) is 11.1. The highest BCUT2D eigenvalue weighted by Crippen LogP contribution is 2.11.